The Bertz CT molecular complexity index is 50.0. The van der Waals surface area contributed by atoms with Gasteiger partial charge in [0.2, 0.25) is 0 Å². The fraction of sp³-hybridized carbons (Fsp3) is 0.750. The van der Waals surface area contributed by atoms with Crippen LogP contribution in [0.15, 0.2) is 0 Å². The third kappa shape index (κ3) is 1770. The maximum Gasteiger partial charge on any atom is 0.402 e. The van der Waals surface area contributed by atoms with Gasteiger partial charge in [0.15, 0.2) is 0 Å². The van der Waals surface area contributed by atoms with Crippen molar-refractivity contribution in [3.8, 4) is 0 Å². The molecule has 0 atom stereocenters. The predicted octanol–water partition coefficient (Wildman–Crippen LogP) is -0.0218. The number of hydrogen-bond acceptors (Lipinski definition) is 2. The van der Waals surface area contributed by atoms with Crippen LogP contribution in [0.3, 0.4) is 0 Å². The lowest BCUT2D eigenvalue weighted by Crippen LogP contribution is -2.03. The Morgan fingerprint density at radius 2 is 1.88 bits per heavy atom. The van der Waals surface area contributed by atoms with Crippen LogP contribution in [0, 0.1) is 0 Å². The van der Waals surface area contributed by atoms with Gasteiger partial charge in [-0.05, 0) is 13.0 Å². The highest BCUT2D eigenvalue weighted by molar-refractivity contribution is 5.61. The minimum Gasteiger partial charge on any atom is -0.465 e. The molecule has 0 fully saturated rings. The molecule has 50 valence electrons. The molecule has 0 aromatic carbocycles. The zero-order valence-corrected chi connectivity index (χ0v) is 4.92. The van der Waals surface area contributed by atoms with Crippen molar-refractivity contribution < 1.29 is 9.90 Å². The molecule has 5 N–H and O–H groups in total. The Morgan fingerprint density at radius 1 is 1.75 bits per heavy atom. The largest absolute Gasteiger partial charge is 0.465 e. The average Bonchev–Trinajstić information content (AvgIpc) is 1.65. The summed E-state index contributed by atoms with van der Waals surface area (Å²) in [4.78, 5) is 8.78. The van der Waals surface area contributed by atoms with Crippen molar-refractivity contribution >= 4 is 6.09 Å². The molecular weight excluding hydrogens is 108 g/mol. The number of primary amides is 1. The van der Waals surface area contributed by atoms with Crippen molar-refractivity contribution in [1.29, 1.82) is 0 Å². The van der Waals surface area contributed by atoms with Crippen LogP contribution in [0.1, 0.15) is 13.3 Å². The first-order valence-corrected chi connectivity index (χ1v) is 2.33. The van der Waals surface area contributed by atoms with Gasteiger partial charge in [0.05, 0.1) is 0 Å². The van der Waals surface area contributed by atoms with Gasteiger partial charge < -0.3 is 16.6 Å². The summed E-state index contributed by atoms with van der Waals surface area (Å²) in [5.74, 6) is 0. The summed E-state index contributed by atoms with van der Waals surface area (Å²) >= 11 is 0. The molecule has 4 nitrogen and oxygen atoms in total. The van der Waals surface area contributed by atoms with Crippen LogP contribution in [-0.4, -0.2) is 17.7 Å². The Labute approximate surface area is 48.5 Å². The molecule has 1 amide bonds. The van der Waals surface area contributed by atoms with Crippen molar-refractivity contribution in [1.82, 2.24) is 0 Å². The molecule has 0 radical (unpaired) electrons. The molecule has 8 heavy (non-hydrogen) atoms. The van der Waals surface area contributed by atoms with E-state index in [1.165, 1.54) is 0 Å². The number of carboxylic acid groups (broad SMARTS) is 1. The Balaban J connectivity index is 0. The fourth-order valence-corrected chi connectivity index (χ4v) is 0. The summed E-state index contributed by atoms with van der Waals surface area (Å²) in [5.41, 5.74) is 9.06. The summed E-state index contributed by atoms with van der Waals surface area (Å²) in [5, 5.41) is 7.19. The van der Waals surface area contributed by atoms with E-state index in [-0.39, 0.29) is 0 Å². The van der Waals surface area contributed by atoms with E-state index in [0.717, 1.165) is 13.0 Å². The highest BCUT2D eigenvalue weighted by Gasteiger charge is 1.65. The molecule has 0 aliphatic heterocycles. The first-order valence-electron chi connectivity index (χ1n) is 2.33. The van der Waals surface area contributed by atoms with Crippen molar-refractivity contribution in [2.45, 2.75) is 13.3 Å². The molecule has 0 bridgehead atoms. The van der Waals surface area contributed by atoms with Gasteiger partial charge >= 0.3 is 6.09 Å². The zero-order chi connectivity index (χ0) is 6.99. The van der Waals surface area contributed by atoms with E-state index in [9.17, 15) is 0 Å². The summed E-state index contributed by atoms with van der Waals surface area (Å²) < 4.78 is 0. The smallest absolute Gasteiger partial charge is 0.402 e. The van der Waals surface area contributed by atoms with Gasteiger partial charge in [0, 0.05) is 0 Å². The summed E-state index contributed by atoms with van der Waals surface area (Å²) in [7, 11) is 0. The Hall–Kier alpha value is -0.770. The molecule has 0 heterocycles. The van der Waals surface area contributed by atoms with Gasteiger partial charge in [-0.15, -0.1) is 0 Å². The molecule has 4 heteroatoms. The monoisotopic (exact) mass is 120 g/mol. The number of hydrogen-bond donors (Lipinski definition) is 3. The van der Waals surface area contributed by atoms with E-state index in [4.69, 9.17) is 15.6 Å². The van der Waals surface area contributed by atoms with Gasteiger partial charge in [-0.1, -0.05) is 6.92 Å². The second kappa shape index (κ2) is 9.52. The summed E-state index contributed by atoms with van der Waals surface area (Å²) in [6.45, 7) is 2.88. The lowest BCUT2D eigenvalue weighted by molar-refractivity contribution is 0.205. The van der Waals surface area contributed by atoms with Crippen molar-refractivity contribution in [2.75, 3.05) is 6.54 Å². The maximum absolute atomic E-state index is 8.78. The third-order valence-corrected chi connectivity index (χ3v) is 0.289. The second-order valence-electron chi connectivity index (χ2n) is 1.13. The highest BCUT2D eigenvalue weighted by atomic mass is 16.4. The lowest BCUT2D eigenvalue weighted by Gasteiger charge is -1.70. The van der Waals surface area contributed by atoms with E-state index in [0.29, 0.717) is 0 Å². The van der Waals surface area contributed by atoms with Crippen molar-refractivity contribution in [3.63, 3.8) is 0 Å². The highest BCUT2D eigenvalue weighted by Crippen LogP contribution is 1.57. The standard InChI is InChI=1S/C3H9N.CH3NO2/c1-2-3-4;2-1(3)4/h2-4H2,1H3;2H2,(H,3,4). The molecule has 0 aromatic heterocycles. The second-order valence-corrected chi connectivity index (χ2v) is 1.13. The van der Waals surface area contributed by atoms with Gasteiger partial charge in [0.25, 0.3) is 0 Å². The van der Waals surface area contributed by atoms with Crippen LogP contribution in [0.25, 0.3) is 0 Å². The molecule has 0 aliphatic carbocycles. The molecular formula is C4H12N2O2. The molecule has 0 spiro atoms. The first-order chi connectivity index (χ1) is 3.65. The topological polar surface area (TPSA) is 89.3 Å². The number of rotatable bonds is 1. The normalized spacial score (nSPS) is 6.75. The van der Waals surface area contributed by atoms with E-state index >= 15 is 0 Å². The van der Waals surface area contributed by atoms with Crippen LogP contribution < -0.4 is 11.5 Å². The van der Waals surface area contributed by atoms with E-state index in [1.807, 2.05) is 0 Å². The quantitative estimate of drug-likeness (QED) is 0.454. The average molecular weight is 120 g/mol. The fourth-order valence-electron chi connectivity index (χ4n) is 0. The molecule has 0 aromatic rings. The number of carbonyl (C=O) groups is 1. The van der Waals surface area contributed by atoms with E-state index in [1.54, 1.807) is 0 Å². The van der Waals surface area contributed by atoms with Crippen LogP contribution in [0.2, 0.25) is 0 Å². The minimum atomic E-state index is -1.33. The van der Waals surface area contributed by atoms with Gasteiger partial charge in [0.1, 0.15) is 0 Å². The van der Waals surface area contributed by atoms with Crippen molar-refractivity contribution in [3.05, 3.63) is 0 Å². The van der Waals surface area contributed by atoms with Gasteiger partial charge in [-0.25, -0.2) is 4.79 Å². The number of nitrogens with two attached hydrogens (primary N) is 2. The lowest BCUT2D eigenvalue weighted by atomic mass is 10.5. The molecule has 0 unspecified atom stereocenters. The van der Waals surface area contributed by atoms with Gasteiger partial charge in [-0.3, -0.25) is 0 Å². The molecule has 0 saturated heterocycles. The number of amides is 1. The first kappa shape index (κ1) is 10.3. The predicted molar refractivity (Wildman–Crippen MR) is 31.6 cm³/mol. The van der Waals surface area contributed by atoms with E-state index in [2.05, 4.69) is 12.7 Å². The van der Waals surface area contributed by atoms with Crippen molar-refractivity contribution in [2.24, 2.45) is 11.5 Å². The van der Waals surface area contributed by atoms with Crippen LogP contribution >= 0.6 is 0 Å². The molecule has 0 saturated carbocycles. The summed E-state index contributed by atoms with van der Waals surface area (Å²) in [6.07, 6.45) is -0.236. The molecule has 0 aliphatic rings. The minimum absolute atomic E-state index is 0.819. The maximum atomic E-state index is 8.78. The van der Waals surface area contributed by atoms with Crippen LogP contribution in [0.5, 0.6) is 0 Å². The third-order valence-electron chi connectivity index (χ3n) is 0.289. The molecule has 0 rings (SSSR count). The zero-order valence-electron chi connectivity index (χ0n) is 4.92. The Kier molecular flexibility index (Phi) is 12.2. The van der Waals surface area contributed by atoms with Gasteiger partial charge in [-0.2, -0.15) is 0 Å². The SMILES string of the molecule is CCCN.NC(=O)O. The van der Waals surface area contributed by atoms with Crippen LogP contribution in [-0.2, 0) is 0 Å². The van der Waals surface area contributed by atoms with E-state index < -0.39 is 6.09 Å². The van der Waals surface area contributed by atoms with Crippen LogP contribution in [0.4, 0.5) is 4.79 Å². The Morgan fingerprint density at radius 3 is 1.88 bits per heavy atom. The summed E-state index contributed by atoms with van der Waals surface area (Å²) in [6, 6.07) is 0.